The Morgan fingerprint density at radius 2 is 2.09 bits per heavy atom. The Morgan fingerprint density at radius 3 is 2.85 bits per heavy atom. The molecule has 3 heterocycles. The SMILES string of the molecule is CCOC[C@H](O)CN(CCN1CCOCC1)Cc1nc2scc(-c3ccccc3)c2c(=O)[nH]1. The van der Waals surface area contributed by atoms with Gasteiger partial charge in [0.2, 0.25) is 0 Å². The Morgan fingerprint density at radius 1 is 1.30 bits per heavy atom. The smallest absolute Gasteiger partial charge is 0.260 e. The number of fused-ring (bicyclic) bond motifs is 1. The molecule has 1 aromatic carbocycles. The number of aromatic nitrogens is 2. The Hall–Kier alpha value is -2.14. The van der Waals surface area contributed by atoms with Crippen molar-refractivity contribution in [2.75, 3.05) is 59.2 Å². The largest absolute Gasteiger partial charge is 0.389 e. The summed E-state index contributed by atoms with van der Waals surface area (Å²) >= 11 is 1.48. The van der Waals surface area contributed by atoms with Crippen molar-refractivity contribution in [3.05, 3.63) is 51.9 Å². The summed E-state index contributed by atoms with van der Waals surface area (Å²) < 4.78 is 10.8. The van der Waals surface area contributed by atoms with Gasteiger partial charge in [-0.2, -0.15) is 0 Å². The minimum absolute atomic E-state index is 0.127. The molecule has 0 radical (unpaired) electrons. The van der Waals surface area contributed by atoms with E-state index in [2.05, 4.69) is 14.8 Å². The van der Waals surface area contributed by atoms with Crippen LogP contribution in [0.4, 0.5) is 0 Å². The van der Waals surface area contributed by atoms with Crippen LogP contribution in [0.2, 0.25) is 0 Å². The number of hydrogen-bond acceptors (Lipinski definition) is 8. The van der Waals surface area contributed by atoms with Crippen LogP contribution in [0.3, 0.4) is 0 Å². The highest BCUT2D eigenvalue weighted by Gasteiger charge is 2.18. The molecule has 1 saturated heterocycles. The maximum absolute atomic E-state index is 13.0. The number of thiophene rings is 1. The van der Waals surface area contributed by atoms with Gasteiger partial charge >= 0.3 is 0 Å². The minimum Gasteiger partial charge on any atom is -0.389 e. The van der Waals surface area contributed by atoms with E-state index in [0.717, 1.165) is 55.4 Å². The molecule has 0 aliphatic carbocycles. The molecule has 33 heavy (non-hydrogen) atoms. The Kier molecular flexibility index (Phi) is 8.60. The number of ether oxygens (including phenoxy) is 2. The fourth-order valence-electron chi connectivity index (χ4n) is 4.06. The van der Waals surface area contributed by atoms with Crippen molar-refractivity contribution in [2.24, 2.45) is 0 Å². The number of rotatable bonds is 11. The molecule has 178 valence electrons. The summed E-state index contributed by atoms with van der Waals surface area (Å²) in [6, 6.07) is 9.90. The molecule has 0 amide bonds. The average Bonchev–Trinajstić information content (AvgIpc) is 3.27. The molecule has 4 rings (SSSR count). The summed E-state index contributed by atoms with van der Waals surface area (Å²) in [6.07, 6.45) is -0.600. The number of nitrogens with one attached hydrogen (secondary N) is 1. The van der Waals surface area contributed by atoms with Crippen molar-refractivity contribution in [1.29, 1.82) is 0 Å². The lowest BCUT2D eigenvalue weighted by Crippen LogP contribution is -2.43. The molecule has 1 atom stereocenters. The predicted molar refractivity (Wildman–Crippen MR) is 131 cm³/mol. The van der Waals surface area contributed by atoms with Gasteiger partial charge < -0.3 is 19.6 Å². The van der Waals surface area contributed by atoms with Crippen LogP contribution in [-0.2, 0) is 16.0 Å². The normalized spacial score (nSPS) is 16.0. The lowest BCUT2D eigenvalue weighted by molar-refractivity contribution is 0.00942. The molecular weight excluding hydrogens is 440 g/mol. The van der Waals surface area contributed by atoms with Crippen molar-refractivity contribution in [2.45, 2.75) is 19.6 Å². The van der Waals surface area contributed by atoms with Gasteiger partial charge in [0.1, 0.15) is 10.7 Å². The van der Waals surface area contributed by atoms with Gasteiger partial charge in [0.15, 0.2) is 0 Å². The third-order valence-electron chi connectivity index (χ3n) is 5.77. The monoisotopic (exact) mass is 472 g/mol. The van der Waals surface area contributed by atoms with Crippen LogP contribution in [0.15, 0.2) is 40.5 Å². The molecule has 0 spiro atoms. The fraction of sp³-hybridized carbons (Fsp3) is 0.500. The number of benzene rings is 1. The van der Waals surface area contributed by atoms with Crippen LogP contribution in [0.1, 0.15) is 12.7 Å². The fourth-order valence-corrected chi connectivity index (χ4v) is 5.02. The first kappa shape index (κ1) is 24.0. The van der Waals surface area contributed by atoms with Crippen LogP contribution in [0, 0.1) is 0 Å². The third kappa shape index (κ3) is 6.47. The highest BCUT2D eigenvalue weighted by molar-refractivity contribution is 7.17. The summed E-state index contributed by atoms with van der Waals surface area (Å²) in [6.45, 7) is 8.62. The van der Waals surface area contributed by atoms with Crippen molar-refractivity contribution >= 4 is 21.6 Å². The molecule has 1 fully saturated rings. The molecule has 0 bridgehead atoms. The molecule has 1 aliphatic rings. The summed E-state index contributed by atoms with van der Waals surface area (Å²) in [5.41, 5.74) is 1.79. The van der Waals surface area contributed by atoms with Gasteiger partial charge in [-0.3, -0.25) is 14.6 Å². The maximum Gasteiger partial charge on any atom is 0.260 e. The van der Waals surface area contributed by atoms with Gasteiger partial charge in [-0.1, -0.05) is 30.3 Å². The van der Waals surface area contributed by atoms with E-state index in [1.165, 1.54) is 11.3 Å². The van der Waals surface area contributed by atoms with Gasteiger partial charge in [0, 0.05) is 50.3 Å². The molecule has 8 nitrogen and oxygen atoms in total. The first-order chi connectivity index (χ1) is 16.1. The van der Waals surface area contributed by atoms with E-state index >= 15 is 0 Å². The molecule has 0 unspecified atom stereocenters. The van der Waals surface area contributed by atoms with Gasteiger partial charge in [-0.05, 0) is 12.5 Å². The van der Waals surface area contributed by atoms with Gasteiger partial charge in [0.05, 0.1) is 37.9 Å². The summed E-state index contributed by atoms with van der Waals surface area (Å²) in [7, 11) is 0. The van der Waals surface area contributed by atoms with Crippen molar-refractivity contribution < 1.29 is 14.6 Å². The lowest BCUT2D eigenvalue weighted by Gasteiger charge is -2.30. The number of nitrogens with zero attached hydrogens (tertiary/aromatic N) is 3. The van der Waals surface area contributed by atoms with Crippen LogP contribution in [-0.4, -0.2) is 90.1 Å². The van der Waals surface area contributed by atoms with Crippen LogP contribution >= 0.6 is 11.3 Å². The quantitative estimate of drug-likeness (QED) is 0.442. The zero-order chi connectivity index (χ0) is 23.0. The van der Waals surface area contributed by atoms with E-state index in [0.29, 0.717) is 37.5 Å². The van der Waals surface area contributed by atoms with Gasteiger partial charge in [0.25, 0.3) is 5.56 Å². The van der Waals surface area contributed by atoms with E-state index < -0.39 is 6.10 Å². The third-order valence-corrected chi connectivity index (χ3v) is 6.64. The van der Waals surface area contributed by atoms with E-state index in [-0.39, 0.29) is 5.56 Å². The minimum atomic E-state index is -0.600. The molecule has 1 aliphatic heterocycles. The first-order valence-corrected chi connectivity index (χ1v) is 12.4. The summed E-state index contributed by atoms with van der Waals surface area (Å²) in [4.78, 5) is 26.0. The molecule has 2 aromatic heterocycles. The number of aliphatic hydroxyl groups excluding tert-OH is 1. The number of aliphatic hydroxyl groups is 1. The Balaban J connectivity index is 1.51. The molecule has 0 saturated carbocycles. The van der Waals surface area contributed by atoms with Gasteiger partial charge in [-0.25, -0.2) is 4.98 Å². The van der Waals surface area contributed by atoms with Crippen LogP contribution < -0.4 is 5.56 Å². The number of morpholine rings is 1. The Labute approximate surface area is 197 Å². The highest BCUT2D eigenvalue weighted by atomic mass is 32.1. The standard InChI is InChI=1S/C24H32N4O4S/c1-2-31-16-19(29)14-28(9-8-27-10-12-32-13-11-27)15-21-25-23(30)22-20(17-33-24(22)26-21)18-6-4-3-5-7-18/h3-7,17,19,29H,2,8-16H2,1H3,(H,25,26,30)/t19-/m1/s1. The van der Waals surface area contributed by atoms with Crippen molar-refractivity contribution in [3.8, 4) is 11.1 Å². The average molecular weight is 473 g/mol. The Bertz CT molecular complexity index is 1070. The van der Waals surface area contributed by atoms with Crippen molar-refractivity contribution in [3.63, 3.8) is 0 Å². The topological polar surface area (TPSA) is 90.9 Å². The second-order valence-electron chi connectivity index (χ2n) is 8.21. The summed E-state index contributed by atoms with van der Waals surface area (Å²) in [5.74, 6) is 0.611. The van der Waals surface area contributed by atoms with E-state index in [9.17, 15) is 9.90 Å². The summed E-state index contributed by atoms with van der Waals surface area (Å²) in [5, 5.41) is 13.1. The second kappa shape index (κ2) is 11.8. The number of H-pyrrole nitrogens is 1. The highest BCUT2D eigenvalue weighted by Crippen LogP contribution is 2.30. The number of aromatic amines is 1. The lowest BCUT2D eigenvalue weighted by atomic mass is 10.1. The second-order valence-corrected chi connectivity index (χ2v) is 9.07. The maximum atomic E-state index is 13.0. The van der Waals surface area contributed by atoms with Crippen LogP contribution in [0.5, 0.6) is 0 Å². The molecule has 3 aromatic rings. The van der Waals surface area contributed by atoms with E-state index in [1.54, 1.807) is 0 Å². The zero-order valence-corrected chi connectivity index (χ0v) is 19.9. The van der Waals surface area contributed by atoms with Crippen LogP contribution in [0.25, 0.3) is 21.3 Å². The first-order valence-electron chi connectivity index (χ1n) is 11.5. The number of hydrogen-bond donors (Lipinski definition) is 2. The van der Waals surface area contributed by atoms with E-state index in [1.807, 2.05) is 42.6 Å². The zero-order valence-electron chi connectivity index (χ0n) is 19.0. The predicted octanol–water partition coefficient (Wildman–Crippen LogP) is 2.18. The van der Waals surface area contributed by atoms with Crippen molar-refractivity contribution in [1.82, 2.24) is 19.8 Å². The van der Waals surface area contributed by atoms with E-state index in [4.69, 9.17) is 14.5 Å². The van der Waals surface area contributed by atoms with Gasteiger partial charge in [-0.15, -0.1) is 11.3 Å². The molecule has 2 N–H and O–H groups in total. The molecule has 9 heteroatoms. The molecular formula is C24H32N4O4S.